The van der Waals surface area contributed by atoms with Crippen LogP contribution in [0.15, 0.2) is 24.1 Å². The molecule has 0 saturated heterocycles. The fraction of sp³-hybridized carbons (Fsp3) is 0.655. The number of anilines is 1. The number of carbonyl (C=O) groups is 2. The highest BCUT2D eigenvalue weighted by molar-refractivity contribution is 7.87. The van der Waals surface area contributed by atoms with E-state index in [1.54, 1.807) is 6.07 Å². The molecular weight excluding hydrogens is 650 g/mol. The van der Waals surface area contributed by atoms with Crippen molar-refractivity contribution in [2.75, 3.05) is 25.3 Å². The molecule has 0 N–H and O–H groups in total. The molecule has 1 aromatic carbocycles. The van der Waals surface area contributed by atoms with Crippen LogP contribution in [-0.2, 0) is 23.8 Å². The zero-order chi connectivity index (χ0) is 34.3. The number of methoxy groups -OCH3 is 1. The third-order valence-corrected chi connectivity index (χ3v) is 17.0. The van der Waals surface area contributed by atoms with Crippen LogP contribution in [0.1, 0.15) is 58.3 Å². The average molecular weight is 695 g/mol. The van der Waals surface area contributed by atoms with Gasteiger partial charge in [-0.2, -0.15) is 21.6 Å². The minimum absolute atomic E-state index is 0.0193. The van der Waals surface area contributed by atoms with Gasteiger partial charge in [-0.3, -0.25) is 19.4 Å². The number of rotatable bonds is 13. The second-order valence-corrected chi connectivity index (χ2v) is 26.1. The first kappa shape index (κ1) is 36.9. The lowest BCUT2D eigenvalue weighted by Gasteiger charge is -2.42. The number of benzene rings is 1. The van der Waals surface area contributed by atoms with Gasteiger partial charge in [0.15, 0.2) is 5.75 Å². The number of carbonyl (C=O) groups excluding carboxylic acids is 2. The third kappa shape index (κ3) is 7.54. The summed E-state index contributed by atoms with van der Waals surface area (Å²) >= 11 is 0. The van der Waals surface area contributed by atoms with Gasteiger partial charge in [0.1, 0.15) is 24.3 Å². The Kier molecular flexibility index (Phi) is 10.9. The van der Waals surface area contributed by atoms with E-state index in [0.717, 1.165) is 17.1 Å². The van der Waals surface area contributed by atoms with Crippen molar-refractivity contribution in [3.05, 3.63) is 29.7 Å². The molecule has 2 heterocycles. The monoisotopic (exact) mass is 694 g/mol. The van der Waals surface area contributed by atoms with E-state index < -0.39 is 62.1 Å². The summed E-state index contributed by atoms with van der Waals surface area (Å²) in [5, 5.41) is 0. The van der Waals surface area contributed by atoms with Crippen LogP contribution in [0.2, 0.25) is 42.3 Å². The van der Waals surface area contributed by atoms with Gasteiger partial charge in [0.25, 0.3) is 20.1 Å². The van der Waals surface area contributed by atoms with E-state index in [-0.39, 0.29) is 34.6 Å². The molecule has 3 rings (SSSR count). The average Bonchev–Trinajstić information content (AvgIpc) is 3.29. The van der Waals surface area contributed by atoms with Crippen molar-refractivity contribution >= 4 is 44.0 Å². The van der Waals surface area contributed by atoms with Gasteiger partial charge in [-0.25, -0.2) is 0 Å². The number of amides is 2. The van der Waals surface area contributed by atoms with E-state index in [1.807, 2.05) is 0 Å². The Morgan fingerprint density at radius 2 is 1.56 bits per heavy atom. The summed E-state index contributed by atoms with van der Waals surface area (Å²) < 4.78 is 85.6. The number of halogens is 3. The second kappa shape index (κ2) is 13.3. The predicted molar refractivity (Wildman–Crippen MR) is 170 cm³/mol. The number of fused-ring (bicyclic) bond motifs is 2. The minimum Gasteiger partial charge on any atom is -0.540 e. The summed E-state index contributed by atoms with van der Waals surface area (Å²) in [6, 6.07) is 2.47. The van der Waals surface area contributed by atoms with Gasteiger partial charge < -0.3 is 18.1 Å². The quantitative estimate of drug-likeness (QED) is 0.0957. The number of hydrogen-bond donors (Lipinski definition) is 0. The molecule has 2 aliphatic rings. The molecule has 16 heteroatoms. The number of ether oxygens (including phenoxy) is 2. The summed E-state index contributed by atoms with van der Waals surface area (Å²) in [5.74, 6) is -1.50. The lowest BCUT2D eigenvalue weighted by atomic mass is 10.1. The minimum atomic E-state index is -6.02. The first-order chi connectivity index (χ1) is 20.6. The molecule has 0 saturated carbocycles. The summed E-state index contributed by atoms with van der Waals surface area (Å²) in [7, 11) is -8.62. The van der Waals surface area contributed by atoms with Gasteiger partial charge in [-0.15, -0.1) is 0 Å². The molecule has 1 aromatic rings. The largest absolute Gasteiger partial charge is 0.540 e. The van der Waals surface area contributed by atoms with Crippen molar-refractivity contribution in [2.45, 2.75) is 102 Å². The lowest BCUT2D eigenvalue weighted by Crippen LogP contribution is -2.50. The van der Waals surface area contributed by atoms with Crippen LogP contribution in [0.25, 0.3) is 0 Å². The number of alkyl halides is 3. The molecule has 0 radical (unpaired) electrons. The van der Waals surface area contributed by atoms with Gasteiger partial charge in [-0.05, 0) is 28.7 Å². The van der Waals surface area contributed by atoms with Crippen LogP contribution in [-0.4, -0.2) is 73.5 Å². The second-order valence-electron chi connectivity index (χ2n) is 13.6. The molecule has 0 unspecified atom stereocenters. The molecule has 1 atom stereocenters. The maximum Gasteiger partial charge on any atom is 0.534 e. The Labute approximate surface area is 266 Å². The van der Waals surface area contributed by atoms with E-state index in [9.17, 15) is 31.2 Å². The predicted octanol–water partition coefficient (Wildman–Crippen LogP) is 6.83. The molecule has 2 aliphatic heterocycles. The molecule has 2 amide bonds. The van der Waals surface area contributed by atoms with Crippen molar-refractivity contribution < 1.29 is 49.3 Å². The van der Waals surface area contributed by atoms with Crippen LogP contribution in [0.3, 0.4) is 0 Å². The lowest BCUT2D eigenvalue weighted by molar-refractivity contribution is -0.123. The molecule has 0 bridgehead atoms. The molecule has 0 aromatic heterocycles. The Morgan fingerprint density at radius 1 is 0.978 bits per heavy atom. The molecule has 10 nitrogen and oxygen atoms in total. The van der Waals surface area contributed by atoms with Crippen molar-refractivity contribution in [1.29, 1.82) is 0 Å². The number of hydrogen-bond acceptors (Lipinski definition) is 8. The van der Waals surface area contributed by atoms with Crippen molar-refractivity contribution in [3.63, 3.8) is 0 Å². The topological polar surface area (TPSA) is 112 Å². The van der Waals surface area contributed by atoms with E-state index in [4.69, 9.17) is 13.9 Å². The highest BCUT2D eigenvalue weighted by Gasteiger charge is 2.52. The van der Waals surface area contributed by atoms with Crippen molar-refractivity contribution in [3.8, 4) is 11.5 Å². The zero-order valence-electron chi connectivity index (χ0n) is 27.6. The summed E-state index contributed by atoms with van der Waals surface area (Å²) in [5.41, 5.74) is -4.96. The Balaban J connectivity index is 2.17. The maximum atomic E-state index is 14.1. The number of nitrogens with zero attached hydrogens (tertiary/aromatic N) is 2. The van der Waals surface area contributed by atoms with E-state index in [0.29, 0.717) is 18.1 Å². The highest BCUT2D eigenvalue weighted by atomic mass is 32.2. The van der Waals surface area contributed by atoms with E-state index >= 15 is 0 Å². The fourth-order valence-corrected chi connectivity index (χ4v) is 12.6. The summed E-state index contributed by atoms with van der Waals surface area (Å²) in [6.07, 6.45) is 0.261. The molecule has 254 valence electrons. The van der Waals surface area contributed by atoms with Gasteiger partial charge >= 0.3 is 15.6 Å². The van der Waals surface area contributed by atoms with Crippen LogP contribution in [0.4, 0.5) is 18.9 Å². The molecular formula is C29H45F3N2O8SSi2. The van der Waals surface area contributed by atoms with Gasteiger partial charge in [0.05, 0.1) is 18.4 Å². The van der Waals surface area contributed by atoms with Crippen molar-refractivity contribution in [1.82, 2.24) is 4.90 Å². The highest BCUT2D eigenvalue weighted by Crippen LogP contribution is 2.47. The van der Waals surface area contributed by atoms with Gasteiger partial charge in [0.2, 0.25) is 0 Å². The van der Waals surface area contributed by atoms with Crippen molar-refractivity contribution in [2.24, 2.45) is 0 Å². The zero-order valence-corrected chi connectivity index (χ0v) is 30.4. The van der Waals surface area contributed by atoms with Crippen LogP contribution in [0, 0.1) is 0 Å². The van der Waals surface area contributed by atoms with Crippen LogP contribution >= 0.6 is 0 Å². The van der Waals surface area contributed by atoms with Crippen LogP contribution < -0.4 is 14.1 Å². The first-order valence-electron chi connectivity index (χ1n) is 14.9. The third-order valence-electron chi connectivity index (χ3n) is 8.31. The normalized spacial score (nSPS) is 18.0. The fourth-order valence-electron chi connectivity index (χ4n) is 6.07. The standard InChI is InChI=1S/C29H45F3N2O8SSi2/c1-18(2)45(19(3)4,20(5)6)42-26-14-22-23(15-25(26)39-7)34(17-40-11-12-44(8,9)10)28(36)24-13-21(16-33(24)27(22)35)41-43(37,38)29(30,31)32/h14-16,18-20,24H,11-13,17H2,1-10H3/t24-/m0/s1. The van der Waals surface area contributed by atoms with Gasteiger partial charge in [-0.1, -0.05) is 61.2 Å². The van der Waals surface area contributed by atoms with E-state index in [1.165, 1.54) is 18.1 Å². The molecule has 0 aliphatic carbocycles. The van der Waals surface area contributed by atoms with E-state index in [2.05, 4.69) is 65.4 Å². The Bertz CT molecular complexity index is 1400. The van der Waals surface area contributed by atoms with Gasteiger partial charge in [0, 0.05) is 33.4 Å². The smallest absolute Gasteiger partial charge is 0.534 e. The SMILES string of the molecule is COc1cc2c(cc1O[Si](C(C)C)(C(C)C)C(C)C)C(=O)N1C=C(OS(=O)(=O)C(F)(F)F)C[C@H]1C(=O)N2COCC[Si](C)(C)C. The molecule has 0 spiro atoms. The summed E-state index contributed by atoms with van der Waals surface area (Å²) in [4.78, 5) is 30.2. The summed E-state index contributed by atoms with van der Waals surface area (Å²) in [6.45, 7) is 19.2. The Morgan fingerprint density at radius 3 is 2.04 bits per heavy atom. The maximum absolute atomic E-state index is 14.1. The van der Waals surface area contributed by atoms with Crippen LogP contribution in [0.5, 0.6) is 11.5 Å². The Hall–Kier alpha value is -2.57. The molecule has 45 heavy (non-hydrogen) atoms. The molecule has 0 fully saturated rings. The first-order valence-corrected chi connectivity index (χ1v) is 22.2.